The van der Waals surface area contributed by atoms with E-state index in [4.69, 9.17) is 27.8 Å². The summed E-state index contributed by atoms with van der Waals surface area (Å²) in [5.41, 5.74) is 11.7. The van der Waals surface area contributed by atoms with Crippen LogP contribution in [0.5, 0.6) is 5.75 Å². The molecular formula is C14H20ClFN2O. The van der Waals surface area contributed by atoms with E-state index in [1.165, 1.54) is 12.5 Å². The Morgan fingerprint density at radius 3 is 2.32 bits per heavy atom. The highest BCUT2D eigenvalue weighted by atomic mass is 35.5. The van der Waals surface area contributed by atoms with E-state index < -0.39 is 5.82 Å². The average Bonchev–Trinajstić information content (AvgIpc) is 2.31. The van der Waals surface area contributed by atoms with Gasteiger partial charge in [-0.2, -0.15) is 0 Å². The molecule has 19 heavy (non-hydrogen) atoms. The third-order valence-corrected chi connectivity index (χ3v) is 4.02. The van der Waals surface area contributed by atoms with Crippen LogP contribution < -0.4 is 16.2 Å². The van der Waals surface area contributed by atoms with Crippen LogP contribution >= 0.6 is 11.6 Å². The molecule has 4 N–H and O–H groups in total. The van der Waals surface area contributed by atoms with Crippen molar-refractivity contribution in [3.05, 3.63) is 16.9 Å². The maximum Gasteiger partial charge on any atom is 0.187 e. The highest BCUT2D eigenvalue weighted by Gasteiger charge is 2.27. The zero-order valence-corrected chi connectivity index (χ0v) is 12.0. The number of ether oxygens (including phenoxy) is 1. The van der Waals surface area contributed by atoms with Gasteiger partial charge in [0.05, 0.1) is 17.5 Å². The fourth-order valence-electron chi connectivity index (χ4n) is 2.91. The van der Waals surface area contributed by atoms with Crippen molar-refractivity contribution in [1.29, 1.82) is 0 Å². The molecular weight excluding hydrogens is 267 g/mol. The SMILES string of the molecule is CC1CC(C)CC(Oc2c(N)cc(N)c(Cl)c2F)C1. The Hall–Kier alpha value is -1.16. The van der Waals surface area contributed by atoms with Gasteiger partial charge in [0.2, 0.25) is 0 Å². The summed E-state index contributed by atoms with van der Waals surface area (Å²) in [5, 5.41) is -0.124. The van der Waals surface area contributed by atoms with Crippen LogP contribution in [0.1, 0.15) is 33.1 Å². The molecule has 3 nitrogen and oxygen atoms in total. The Balaban J connectivity index is 2.21. The quantitative estimate of drug-likeness (QED) is 0.812. The van der Waals surface area contributed by atoms with Crippen LogP contribution in [0.4, 0.5) is 15.8 Å². The maximum absolute atomic E-state index is 14.1. The molecule has 1 saturated carbocycles. The van der Waals surface area contributed by atoms with Crippen molar-refractivity contribution >= 4 is 23.0 Å². The molecule has 0 spiro atoms. The first-order valence-corrected chi connectivity index (χ1v) is 6.95. The van der Waals surface area contributed by atoms with E-state index in [9.17, 15) is 4.39 Å². The first-order chi connectivity index (χ1) is 8.88. The van der Waals surface area contributed by atoms with Crippen LogP contribution in [0.2, 0.25) is 5.02 Å². The van der Waals surface area contributed by atoms with Gasteiger partial charge >= 0.3 is 0 Å². The largest absolute Gasteiger partial charge is 0.485 e. The van der Waals surface area contributed by atoms with Crippen LogP contribution in [-0.2, 0) is 0 Å². The fourth-order valence-corrected chi connectivity index (χ4v) is 3.05. The first-order valence-electron chi connectivity index (χ1n) is 6.58. The predicted octanol–water partition coefficient (Wildman–Crippen LogP) is 3.85. The van der Waals surface area contributed by atoms with Gasteiger partial charge in [-0.05, 0) is 37.2 Å². The summed E-state index contributed by atoms with van der Waals surface area (Å²) < 4.78 is 19.8. The topological polar surface area (TPSA) is 61.3 Å². The van der Waals surface area contributed by atoms with Crippen molar-refractivity contribution in [1.82, 2.24) is 0 Å². The average molecular weight is 287 g/mol. The number of benzene rings is 1. The minimum atomic E-state index is -0.662. The zero-order valence-electron chi connectivity index (χ0n) is 11.2. The Labute approximate surface area is 118 Å². The van der Waals surface area contributed by atoms with Crippen molar-refractivity contribution in [2.24, 2.45) is 11.8 Å². The Morgan fingerprint density at radius 1 is 1.16 bits per heavy atom. The third-order valence-electron chi connectivity index (χ3n) is 3.64. The molecule has 0 amide bonds. The number of hydrogen-bond donors (Lipinski definition) is 2. The number of anilines is 2. The van der Waals surface area contributed by atoms with Gasteiger partial charge < -0.3 is 16.2 Å². The summed E-state index contributed by atoms with van der Waals surface area (Å²) in [6.07, 6.45) is 2.98. The molecule has 1 fully saturated rings. The summed E-state index contributed by atoms with van der Waals surface area (Å²) in [4.78, 5) is 0. The van der Waals surface area contributed by atoms with Crippen LogP contribution in [-0.4, -0.2) is 6.10 Å². The van der Waals surface area contributed by atoms with Crippen molar-refractivity contribution in [2.75, 3.05) is 11.5 Å². The van der Waals surface area contributed by atoms with E-state index in [1.54, 1.807) is 0 Å². The van der Waals surface area contributed by atoms with Gasteiger partial charge in [0.25, 0.3) is 0 Å². The monoisotopic (exact) mass is 286 g/mol. The van der Waals surface area contributed by atoms with Crippen molar-refractivity contribution in [3.63, 3.8) is 0 Å². The van der Waals surface area contributed by atoms with Crippen molar-refractivity contribution in [2.45, 2.75) is 39.2 Å². The third kappa shape index (κ3) is 3.06. The molecule has 106 valence electrons. The molecule has 0 heterocycles. The summed E-state index contributed by atoms with van der Waals surface area (Å²) in [6, 6.07) is 1.44. The van der Waals surface area contributed by atoms with Crippen LogP contribution in [0, 0.1) is 17.7 Å². The van der Waals surface area contributed by atoms with E-state index in [0.717, 1.165) is 12.8 Å². The summed E-state index contributed by atoms with van der Waals surface area (Å²) in [6.45, 7) is 4.36. The Bertz CT molecular complexity index is 471. The molecule has 2 rings (SSSR count). The predicted molar refractivity (Wildman–Crippen MR) is 76.8 cm³/mol. The second kappa shape index (κ2) is 5.45. The standard InChI is InChI=1S/C14H20ClFN2O/c1-7-3-8(2)5-9(4-7)19-14-11(18)6-10(17)12(15)13(14)16/h6-9H,3-5,17-18H2,1-2H3. The van der Waals surface area contributed by atoms with Crippen LogP contribution in [0.3, 0.4) is 0 Å². The number of nitrogens with two attached hydrogens (primary N) is 2. The minimum Gasteiger partial charge on any atom is -0.485 e. The lowest BCUT2D eigenvalue weighted by Gasteiger charge is -2.32. The second-order valence-electron chi connectivity index (χ2n) is 5.67. The molecule has 0 radical (unpaired) electrons. The highest BCUT2D eigenvalue weighted by Crippen LogP contribution is 2.38. The molecule has 1 aromatic carbocycles. The van der Waals surface area contributed by atoms with Gasteiger partial charge in [-0.3, -0.25) is 0 Å². The first kappa shape index (κ1) is 14.3. The second-order valence-corrected chi connectivity index (χ2v) is 6.05. The molecule has 0 bridgehead atoms. The van der Waals surface area contributed by atoms with E-state index in [-0.39, 0.29) is 28.3 Å². The van der Waals surface area contributed by atoms with Gasteiger partial charge in [0, 0.05) is 0 Å². The van der Waals surface area contributed by atoms with Crippen molar-refractivity contribution < 1.29 is 9.13 Å². The van der Waals surface area contributed by atoms with Gasteiger partial charge in [-0.15, -0.1) is 0 Å². The summed E-state index contributed by atoms with van der Waals surface area (Å²) in [7, 11) is 0. The molecule has 2 atom stereocenters. The molecule has 1 aliphatic carbocycles. The van der Waals surface area contributed by atoms with Gasteiger partial charge in [0.15, 0.2) is 11.6 Å². The summed E-state index contributed by atoms with van der Waals surface area (Å²) >= 11 is 5.79. The molecule has 0 aliphatic heterocycles. The fraction of sp³-hybridized carbons (Fsp3) is 0.571. The molecule has 2 unspecified atom stereocenters. The van der Waals surface area contributed by atoms with E-state index in [1.807, 2.05) is 0 Å². The van der Waals surface area contributed by atoms with Crippen LogP contribution in [0.25, 0.3) is 0 Å². The number of rotatable bonds is 2. The summed E-state index contributed by atoms with van der Waals surface area (Å²) in [5.74, 6) is 0.514. The Morgan fingerprint density at radius 2 is 1.74 bits per heavy atom. The lowest BCUT2D eigenvalue weighted by atomic mass is 9.82. The molecule has 5 heteroatoms. The smallest absolute Gasteiger partial charge is 0.187 e. The molecule has 1 aromatic rings. The number of halogens is 2. The van der Waals surface area contributed by atoms with Crippen molar-refractivity contribution in [3.8, 4) is 5.75 Å². The Kier molecular flexibility index (Phi) is 4.09. The highest BCUT2D eigenvalue weighted by molar-refractivity contribution is 6.33. The van der Waals surface area contributed by atoms with Gasteiger partial charge in [-0.1, -0.05) is 25.4 Å². The maximum atomic E-state index is 14.1. The van der Waals surface area contributed by atoms with E-state index >= 15 is 0 Å². The lowest BCUT2D eigenvalue weighted by Crippen LogP contribution is -2.29. The minimum absolute atomic E-state index is 0.0183. The van der Waals surface area contributed by atoms with E-state index in [2.05, 4.69) is 13.8 Å². The number of hydrogen-bond acceptors (Lipinski definition) is 3. The van der Waals surface area contributed by atoms with E-state index in [0.29, 0.717) is 11.8 Å². The zero-order chi connectivity index (χ0) is 14.2. The molecule has 0 saturated heterocycles. The normalized spacial score (nSPS) is 27.3. The molecule has 0 aromatic heterocycles. The lowest BCUT2D eigenvalue weighted by molar-refractivity contribution is 0.0978. The van der Waals surface area contributed by atoms with Crippen LogP contribution in [0.15, 0.2) is 6.07 Å². The van der Waals surface area contributed by atoms with Gasteiger partial charge in [0.1, 0.15) is 5.02 Å². The number of nitrogen functional groups attached to an aromatic ring is 2. The van der Waals surface area contributed by atoms with Gasteiger partial charge in [-0.25, -0.2) is 4.39 Å². The molecule has 1 aliphatic rings.